The van der Waals surface area contributed by atoms with Gasteiger partial charge in [-0.3, -0.25) is 4.79 Å². The molecule has 0 aromatic heterocycles. The van der Waals surface area contributed by atoms with Gasteiger partial charge < -0.3 is 15.2 Å². The molecular weight excluding hydrogens is 254 g/mol. The van der Waals surface area contributed by atoms with Crippen LogP contribution in [0.15, 0.2) is 24.3 Å². The minimum atomic E-state index is -0.794. The van der Waals surface area contributed by atoms with Gasteiger partial charge in [0.1, 0.15) is 11.8 Å². The third kappa shape index (κ3) is 4.55. The second-order valence-corrected chi connectivity index (χ2v) is 3.74. The van der Waals surface area contributed by atoms with Crippen LogP contribution in [0.5, 0.6) is 5.75 Å². The van der Waals surface area contributed by atoms with E-state index in [2.05, 4.69) is 11.7 Å². The van der Waals surface area contributed by atoms with Gasteiger partial charge in [-0.15, -0.1) is 12.4 Å². The summed E-state index contributed by atoms with van der Waals surface area (Å²) >= 11 is 0. The van der Waals surface area contributed by atoms with Crippen LogP contribution >= 0.6 is 12.4 Å². The molecule has 1 unspecified atom stereocenters. The number of para-hydroxylation sites is 1. The lowest BCUT2D eigenvalue weighted by atomic mass is 10.1. The average molecular weight is 274 g/mol. The monoisotopic (exact) mass is 273 g/mol. The predicted octanol–water partition coefficient (Wildman–Crippen LogP) is 2.46. The summed E-state index contributed by atoms with van der Waals surface area (Å²) in [6.07, 6.45) is 2.03. The SMILES string of the molecule is CCCCOc1ccccc1C(N)C(=O)OC.Cl. The zero-order chi connectivity index (χ0) is 12.7. The van der Waals surface area contributed by atoms with Crippen LogP contribution in [0, 0.1) is 0 Å². The Hall–Kier alpha value is -1.26. The lowest BCUT2D eigenvalue weighted by Crippen LogP contribution is -2.23. The van der Waals surface area contributed by atoms with Crippen LogP contribution in [-0.4, -0.2) is 19.7 Å². The van der Waals surface area contributed by atoms with Crippen LogP contribution in [0.2, 0.25) is 0 Å². The molecule has 0 spiro atoms. The zero-order valence-electron chi connectivity index (χ0n) is 10.7. The molecule has 1 atom stereocenters. The minimum Gasteiger partial charge on any atom is -0.493 e. The summed E-state index contributed by atoms with van der Waals surface area (Å²) in [5.74, 6) is 0.190. The van der Waals surface area contributed by atoms with E-state index < -0.39 is 12.0 Å². The molecule has 102 valence electrons. The Morgan fingerprint density at radius 1 is 1.39 bits per heavy atom. The third-order valence-corrected chi connectivity index (χ3v) is 2.46. The molecule has 0 aliphatic rings. The maximum atomic E-state index is 11.4. The fourth-order valence-electron chi connectivity index (χ4n) is 1.45. The Morgan fingerprint density at radius 2 is 2.06 bits per heavy atom. The van der Waals surface area contributed by atoms with Crippen molar-refractivity contribution >= 4 is 18.4 Å². The van der Waals surface area contributed by atoms with Crippen LogP contribution in [0.1, 0.15) is 31.4 Å². The van der Waals surface area contributed by atoms with E-state index in [0.29, 0.717) is 17.9 Å². The third-order valence-electron chi connectivity index (χ3n) is 2.46. The Bertz CT molecular complexity index is 371. The highest BCUT2D eigenvalue weighted by atomic mass is 35.5. The van der Waals surface area contributed by atoms with Gasteiger partial charge in [-0.2, -0.15) is 0 Å². The van der Waals surface area contributed by atoms with E-state index in [1.54, 1.807) is 6.07 Å². The molecule has 5 heteroatoms. The number of methoxy groups -OCH3 is 1. The Kier molecular flexibility index (Phi) is 8.16. The largest absolute Gasteiger partial charge is 0.493 e. The van der Waals surface area contributed by atoms with Crippen LogP contribution < -0.4 is 10.5 Å². The lowest BCUT2D eigenvalue weighted by Gasteiger charge is -2.15. The number of esters is 1. The molecule has 0 aliphatic carbocycles. The molecule has 0 heterocycles. The molecule has 4 nitrogen and oxygen atoms in total. The highest BCUT2D eigenvalue weighted by Crippen LogP contribution is 2.24. The molecule has 18 heavy (non-hydrogen) atoms. The second-order valence-electron chi connectivity index (χ2n) is 3.74. The molecular formula is C13H20ClNO3. The zero-order valence-corrected chi connectivity index (χ0v) is 11.5. The normalized spacial score (nSPS) is 11.3. The van der Waals surface area contributed by atoms with E-state index in [1.165, 1.54) is 7.11 Å². The van der Waals surface area contributed by atoms with E-state index >= 15 is 0 Å². The van der Waals surface area contributed by atoms with E-state index in [9.17, 15) is 4.79 Å². The topological polar surface area (TPSA) is 61.5 Å². The number of unbranched alkanes of at least 4 members (excludes halogenated alkanes) is 1. The van der Waals surface area contributed by atoms with E-state index in [0.717, 1.165) is 12.8 Å². The number of hydrogen-bond donors (Lipinski definition) is 1. The Morgan fingerprint density at radius 3 is 2.67 bits per heavy atom. The van der Waals surface area contributed by atoms with Gasteiger partial charge >= 0.3 is 5.97 Å². The number of benzene rings is 1. The van der Waals surface area contributed by atoms with Crippen molar-refractivity contribution in [1.82, 2.24) is 0 Å². The Labute approximate surface area is 114 Å². The van der Waals surface area contributed by atoms with Crippen molar-refractivity contribution in [2.24, 2.45) is 5.73 Å². The highest BCUT2D eigenvalue weighted by Gasteiger charge is 2.19. The number of hydrogen-bond acceptors (Lipinski definition) is 4. The molecule has 0 fully saturated rings. The molecule has 1 rings (SSSR count). The predicted molar refractivity (Wildman–Crippen MR) is 73.0 cm³/mol. The first-order chi connectivity index (χ1) is 8.20. The number of ether oxygens (including phenoxy) is 2. The summed E-state index contributed by atoms with van der Waals surface area (Å²) in [5.41, 5.74) is 6.46. The van der Waals surface area contributed by atoms with Gasteiger partial charge in [-0.1, -0.05) is 31.5 Å². The molecule has 0 radical (unpaired) electrons. The standard InChI is InChI=1S/C13H19NO3.ClH/c1-3-4-9-17-11-8-6-5-7-10(11)12(14)13(15)16-2;/h5-8,12H,3-4,9,14H2,1-2H3;1H. The minimum absolute atomic E-state index is 0. The molecule has 1 aromatic carbocycles. The van der Waals surface area contributed by atoms with E-state index in [1.807, 2.05) is 18.2 Å². The molecule has 0 saturated heterocycles. The van der Waals surface area contributed by atoms with Crippen molar-refractivity contribution in [3.05, 3.63) is 29.8 Å². The fraction of sp³-hybridized carbons (Fsp3) is 0.462. The van der Waals surface area contributed by atoms with Gasteiger partial charge in [-0.05, 0) is 12.5 Å². The Balaban J connectivity index is 0.00000289. The number of nitrogens with two attached hydrogens (primary N) is 1. The molecule has 2 N–H and O–H groups in total. The van der Waals surface area contributed by atoms with E-state index in [4.69, 9.17) is 10.5 Å². The number of carbonyl (C=O) groups is 1. The summed E-state index contributed by atoms with van der Waals surface area (Å²) in [5, 5.41) is 0. The van der Waals surface area contributed by atoms with Crippen molar-refractivity contribution in [2.45, 2.75) is 25.8 Å². The summed E-state index contributed by atoms with van der Waals surface area (Å²) in [6, 6.07) is 6.48. The number of rotatable bonds is 6. The number of carbonyl (C=O) groups excluding carboxylic acids is 1. The van der Waals surface area contributed by atoms with Crippen LogP contribution in [-0.2, 0) is 9.53 Å². The van der Waals surface area contributed by atoms with Gasteiger partial charge in [0.05, 0.1) is 13.7 Å². The van der Waals surface area contributed by atoms with Crippen molar-refractivity contribution in [3.8, 4) is 5.75 Å². The summed E-state index contributed by atoms with van der Waals surface area (Å²) < 4.78 is 10.2. The van der Waals surface area contributed by atoms with Crippen molar-refractivity contribution in [3.63, 3.8) is 0 Å². The summed E-state index contributed by atoms with van der Waals surface area (Å²) in [4.78, 5) is 11.4. The van der Waals surface area contributed by atoms with Gasteiger partial charge in [-0.25, -0.2) is 0 Å². The van der Waals surface area contributed by atoms with Gasteiger partial charge in [0.15, 0.2) is 0 Å². The first-order valence-electron chi connectivity index (χ1n) is 5.75. The highest BCUT2D eigenvalue weighted by molar-refractivity contribution is 5.85. The van der Waals surface area contributed by atoms with Crippen LogP contribution in [0.3, 0.4) is 0 Å². The maximum absolute atomic E-state index is 11.4. The summed E-state index contributed by atoms with van der Waals surface area (Å²) in [6.45, 7) is 2.72. The molecule has 0 aliphatic heterocycles. The van der Waals surface area contributed by atoms with Crippen molar-refractivity contribution in [2.75, 3.05) is 13.7 Å². The van der Waals surface area contributed by atoms with Gasteiger partial charge in [0.2, 0.25) is 0 Å². The smallest absolute Gasteiger partial charge is 0.327 e. The first-order valence-corrected chi connectivity index (χ1v) is 5.75. The van der Waals surface area contributed by atoms with Crippen molar-refractivity contribution in [1.29, 1.82) is 0 Å². The first kappa shape index (κ1) is 16.7. The van der Waals surface area contributed by atoms with Gasteiger partial charge in [0.25, 0.3) is 0 Å². The van der Waals surface area contributed by atoms with E-state index in [-0.39, 0.29) is 12.4 Å². The maximum Gasteiger partial charge on any atom is 0.327 e. The average Bonchev–Trinajstić information content (AvgIpc) is 2.38. The quantitative estimate of drug-likeness (QED) is 0.639. The second kappa shape index (κ2) is 8.78. The lowest BCUT2D eigenvalue weighted by molar-refractivity contribution is -0.142. The summed E-state index contributed by atoms with van der Waals surface area (Å²) in [7, 11) is 1.32. The molecule has 0 amide bonds. The molecule has 0 saturated carbocycles. The van der Waals surface area contributed by atoms with Crippen LogP contribution in [0.25, 0.3) is 0 Å². The number of halogens is 1. The van der Waals surface area contributed by atoms with Crippen molar-refractivity contribution < 1.29 is 14.3 Å². The fourth-order valence-corrected chi connectivity index (χ4v) is 1.45. The van der Waals surface area contributed by atoms with Crippen LogP contribution in [0.4, 0.5) is 0 Å². The van der Waals surface area contributed by atoms with Gasteiger partial charge in [0, 0.05) is 5.56 Å². The molecule has 1 aromatic rings. The molecule has 0 bridgehead atoms.